The molecule has 27 heavy (non-hydrogen) atoms. The van der Waals surface area contributed by atoms with E-state index in [4.69, 9.17) is 9.47 Å². The molecular formula is C20H33FIN3O2. The Hall–Kier alpha value is -0.930. The summed E-state index contributed by atoms with van der Waals surface area (Å²) < 4.78 is 24.4. The summed E-state index contributed by atoms with van der Waals surface area (Å²) in [5, 5.41) is 6.59. The number of hydrogen-bond donors (Lipinski definition) is 2. The van der Waals surface area contributed by atoms with Crippen LogP contribution in [0.25, 0.3) is 0 Å². The van der Waals surface area contributed by atoms with Crippen LogP contribution in [0.3, 0.4) is 0 Å². The van der Waals surface area contributed by atoms with E-state index in [0.29, 0.717) is 6.10 Å². The first-order valence-corrected chi connectivity index (χ1v) is 9.65. The van der Waals surface area contributed by atoms with E-state index in [0.717, 1.165) is 82.2 Å². The molecule has 7 heteroatoms. The highest BCUT2D eigenvalue weighted by Crippen LogP contribution is 2.11. The van der Waals surface area contributed by atoms with Gasteiger partial charge in [0.25, 0.3) is 0 Å². The van der Waals surface area contributed by atoms with Gasteiger partial charge in [-0.25, -0.2) is 4.39 Å². The summed E-state index contributed by atoms with van der Waals surface area (Å²) in [6.45, 7) is 8.66. The van der Waals surface area contributed by atoms with Crippen molar-refractivity contribution in [1.82, 2.24) is 10.6 Å². The van der Waals surface area contributed by atoms with Gasteiger partial charge in [0.05, 0.1) is 6.10 Å². The first kappa shape index (κ1) is 24.1. The molecule has 0 aromatic heterocycles. The molecule has 1 heterocycles. The van der Waals surface area contributed by atoms with E-state index in [1.54, 1.807) is 6.07 Å². The van der Waals surface area contributed by atoms with Crippen LogP contribution in [0.1, 0.15) is 37.3 Å². The van der Waals surface area contributed by atoms with E-state index in [1.807, 2.05) is 13.0 Å². The maximum atomic E-state index is 13.2. The zero-order chi connectivity index (χ0) is 18.6. The van der Waals surface area contributed by atoms with Crippen molar-refractivity contribution in [2.24, 2.45) is 4.99 Å². The average molecular weight is 493 g/mol. The summed E-state index contributed by atoms with van der Waals surface area (Å²) in [6.07, 6.45) is 4.08. The lowest BCUT2D eigenvalue weighted by Gasteiger charge is -2.22. The molecule has 0 atom stereocenters. The van der Waals surface area contributed by atoms with Crippen LogP contribution >= 0.6 is 24.0 Å². The van der Waals surface area contributed by atoms with E-state index >= 15 is 0 Å². The van der Waals surface area contributed by atoms with Gasteiger partial charge in [-0.15, -0.1) is 24.0 Å². The third-order valence-corrected chi connectivity index (χ3v) is 4.43. The molecule has 2 N–H and O–H groups in total. The topological polar surface area (TPSA) is 54.9 Å². The van der Waals surface area contributed by atoms with Crippen LogP contribution in [0.4, 0.5) is 4.39 Å². The lowest BCUT2D eigenvalue weighted by molar-refractivity contribution is -0.0318. The highest BCUT2D eigenvalue weighted by Gasteiger charge is 2.13. The van der Waals surface area contributed by atoms with Gasteiger partial charge in [-0.1, -0.05) is 6.07 Å². The van der Waals surface area contributed by atoms with E-state index in [1.165, 1.54) is 6.07 Å². The van der Waals surface area contributed by atoms with Crippen molar-refractivity contribution in [2.75, 3.05) is 39.5 Å². The number of benzene rings is 1. The molecule has 0 amide bonds. The van der Waals surface area contributed by atoms with Gasteiger partial charge in [-0.05, 0) is 62.8 Å². The molecule has 1 aromatic carbocycles. The van der Waals surface area contributed by atoms with Crippen molar-refractivity contribution in [3.05, 3.63) is 35.1 Å². The Kier molecular flexibility index (Phi) is 12.6. The zero-order valence-corrected chi connectivity index (χ0v) is 18.8. The third kappa shape index (κ3) is 9.71. The molecule has 0 bridgehead atoms. The van der Waals surface area contributed by atoms with Crippen LogP contribution in [0.2, 0.25) is 0 Å². The van der Waals surface area contributed by atoms with Crippen LogP contribution in [0.5, 0.6) is 0 Å². The molecule has 0 radical (unpaired) electrons. The van der Waals surface area contributed by atoms with E-state index < -0.39 is 0 Å². The average Bonchev–Trinajstić information content (AvgIpc) is 2.64. The predicted octanol–water partition coefficient (Wildman–Crippen LogP) is 3.44. The molecule has 1 fully saturated rings. The summed E-state index contributed by atoms with van der Waals surface area (Å²) in [5.41, 5.74) is 2.14. The van der Waals surface area contributed by atoms with Crippen LogP contribution in [-0.4, -0.2) is 51.5 Å². The summed E-state index contributed by atoms with van der Waals surface area (Å²) in [7, 11) is 0. The maximum absolute atomic E-state index is 13.2. The number of guanidine groups is 1. The Bertz CT molecular complexity index is 566. The second kappa shape index (κ2) is 14.1. The summed E-state index contributed by atoms with van der Waals surface area (Å²) >= 11 is 0. The summed E-state index contributed by atoms with van der Waals surface area (Å²) in [4.78, 5) is 4.59. The fourth-order valence-corrected chi connectivity index (χ4v) is 2.95. The molecule has 0 aliphatic carbocycles. The third-order valence-electron chi connectivity index (χ3n) is 4.43. The van der Waals surface area contributed by atoms with E-state index in [-0.39, 0.29) is 29.8 Å². The first-order chi connectivity index (χ1) is 12.7. The summed E-state index contributed by atoms with van der Waals surface area (Å²) in [5.74, 6) is 0.635. The molecule has 1 aliphatic rings. The number of rotatable bonds is 9. The van der Waals surface area contributed by atoms with Gasteiger partial charge in [0.2, 0.25) is 0 Å². The fourth-order valence-electron chi connectivity index (χ4n) is 2.95. The van der Waals surface area contributed by atoms with Crippen molar-refractivity contribution in [3.63, 3.8) is 0 Å². The van der Waals surface area contributed by atoms with Gasteiger partial charge in [-0.2, -0.15) is 0 Å². The quantitative estimate of drug-likeness (QED) is 0.240. The van der Waals surface area contributed by atoms with Gasteiger partial charge < -0.3 is 20.1 Å². The molecule has 1 aromatic rings. The van der Waals surface area contributed by atoms with Crippen molar-refractivity contribution in [1.29, 1.82) is 0 Å². The molecule has 2 rings (SSSR count). The smallest absolute Gasteiger partial charge is 0.191 e. The molecule has 1 saturated heterocycles. The molecule has 154 valence electrons. The molecule has 0 saturated carbocycles. The van der Waals surface area contributed by atoms with Crippen LogP contribution in [0.15, 0.2) is 23.2 Å². The Morgan fingerprint density at radius 1 is 1.30 bits per heavy atom. The number of nitrogens with zero attached hydrogens (tertiary/aromatic N) is 1. The lowest BCUT2D eigenvalue weighted by atomic mass is 10.1. The number of hydrogen-bond acceptors (Lipinski definition) is 3. The Morgan fingerprint density at radius 3 is 2.78 bits per heavy atom. The van der Waals surface area contributed by atoms with Crippen LogP contribution < -0.4 is 10.6 Å². The monoisotopic (exact) mass is 493 g/mol. The van der Waals surface area contributed by atoms with Crippen LogP contribution in [0, 0.1) is 12.7 Å². The molecule has 5 nitrogen and oxygen atoms in total. The minimum Gasteiger partial charge on any atom is -0.381 e. The number of halogens is 2. The van der Waals surface area contributed by atoms with Crippen molar-refractivity contribution in [3.8, 4) is 0 Å². The predicted molar refractivity (Wildman–Crippen MR) is 119 cm³/mol. The number of aryl methyl sites for hydroxylation is 1. The van der Waals surface area contributed by atoms with Crippen molar-refractivity contribution < 1.29 is 13.9 Å². The molecular weight excluding hydrogens is 460 g/mol. The maximum Gasteiger partial charge on any atom is 0.191 e. The van der Waals surface area contributed by atoms with Crippen LogP contribution in [-0.2, 0) is 15.9 Å². The minimum absolute atomic E-state index is 0. The normalized spacial score (nSPS) is 15.3. The fraction of sp³-hybridized carbons (Fsp3) is 0.650. The van der Waals surface area contributed by atoms with Gasteiger partial charge in [-0.3, -0.25) is 4.99 Å². The second-order valence-electron chi connectivity index (χ2n) is 6.54. The zero-order valence-electron chi connectivity index (χ0n) is 16.4. The van der Waals surface area contributed by atoms with Gasteiger partial charge in [0.15, 0.2) is 5.96 Å². The standard InChI is InChI=1S/C20H32FN3O2.HI/c1-3-22-20(23-10-4-12-26-19-8-13-25-14-9-19)24-11-7-17-5-6-18(21)15-16(17)2;/h5-6,15,19H,3-4,7-14H2,1-2H3,(H2,22,23,24);1H. The minimum atomic E-state index is -0.183. The van der Waals surface area contributed by atoms with Gasteiger partial charge >= 0.3 is 0 Å². The Balaban J connectivity index is 0.00000364. The second-order valence-corrected chi connectivity index (χ2v) is 6.54. The summed E-state index contributed by atoms with van der Waals surface area (Å²) in [6, 6.07) is 4.94. The Morgan fingerprint density at radius 2 is 2.07 bits per heavy atom. The SMILES string of the molecule is CCNC(=NCCCOC1CCOCC1)NCCc1ccc(F)cc1C.I. The first-order valence-electron chi connectivity index (χ1n) is 9.65. The van der Waals surface area contributed by atoms with E-state index in [2.05, 4.69) is 22.5 Å². The Labute approximate surface area is 179 Å². The lowest BCUT2D eigenvalue weighted by Crippen LogP contribution is -2.38. The molecule has 1 aliphatic heterocycles. The molecule has 0 unspecified atom stereocenters. The van der Waals surface area contributed by atoms with Gasteiger partial charge in [0, 0.05) is 39.5 Å². The number of nitrogens with one attached hydrogen (secondary N) is 2. The van der Waals surface area contributed by atoms with Gasteiger partial charge in [0.1, 0.15) is 5.82 Å². The highest BCUT2D eigenvalue weighted by atomic mass is 127. The van der Waals surface area contributed by atoms with Crippen molar-refractivity contribution in [2.45, 2.75) is 45.6 Å². The number of ether oxygens (including phenoxy) is 2. The van der Waals surface area contributed by atoms with E-state index in [9.17, 15) is 4.39 Å². The largest absolute Gasteiger partial charge is 0.381 e. The van der Waals surface area contributed by atoms with Crippen molar-refractivity contribution >= 4 is 29.9 Å². The molecule has 0 spiro atoms. The number of aliphatic imine (C=N–C) groups is 1. The highest BCUT2D eigenvalue weighted by molar-refractivity contribution is 14.0.